The van der Waals surface area contributed by atoms with Crippen molar-refractivity contribution in [3.8, 4) is 0 Å². The van der Waals surface area contributed by atoms with Crippen LogP contribution < -0.4 is 0 Å². The van der Waals surface area contributed by atoms with Crippen molar-refractivity contribution >= 4 is 36.9 Å². The SMILES string of the molecule is O=C(O)CCOP(=O)(O)N(CCCl)CCCl. The first-order valence-electron chi connectivity index (χ1n) is 4.50. The van der Waals surface area contributed by atoms with Crippen molar-refractivity contribution in [3.05, 3.63) is 0 Å². The van der Waals surface area contributed by atoms with Crippen molar-refractivity contribution in [1.82, 2.24) is 4.67 Å². The molecule has 0 spiro atoms. The van der Waals surface area contributed by atoms with Gasteiger partial charge in [-0.05, 0) is 0 Å². The minimum absolute atomic E-state index is 0.148. The summed E-state index contributed by atoms with van der Waals surface area (Å²) in [6, 6.07) is 0. The highest BCUT2D eigenvalue weighted by molar-refractivity contribution is 7.50. The average molecular weight is 294 g/mol. The van der Waals surface area contributed by atoms with Crippen LogP contribution in [0.5, 0.6) is 0 Å². The smallest absolute Gasteiger partial charge is 0.405 e. The summed E-state index contributed by atoms with van der Waals surface area (Å²) in [5, 5.41) is 8.35. The van der Waals surface area contributed by atoms with E-state index in [0.717, 1.165) is 4.67 Å². The van der Waals surface area contributed by atoms with Crippen LogP contribution in [-0.2, 0) is 13.9 Å². The molecule has 0 amide bonds. The molecule has 1 unspecified atom stereocenters. The largest absolute Gasteiger partial charge is 0.481 e. The molecule has 0 saturated carbocycles. The Morgan fingerprint density at radius 2 is 1.81 bits per heavy atom. The van der Waals surface area contributed by atoms with Gasteiger partial charge in [0.05, 0.1) is 13.0 Å². The number of aliphatic carboxylic acids is 1. The standard InChI is InChI=1S/C7H14Cl2NO5P/c8-2-4-10(5-3-9)16(13,14)15-6-1-7(11)12/h1-6H2,(H,11,12)(H,13,14). The predicted molar refractivity (Wildman–Crippen MR) is 61.0 cm³/mol. The number of carbonyl (C=O) groups is 1. The second-order valence-electron chi connectivity index (χ2n) is 2.80. The Labute approximate surface area is 104 Å². The topological polar surface area (TPSA) is 87.1 Å². The fraction of sp³-hybridized carbons (Fsp3) is 0.857. The van der Waals surface area contributed by atoms with E-state index in [-0.39, 0.29) is 37.9 Å². The van der Waals surface area contributed by atoms with Crippen LogP contribution in [0.15, 0.2) is 0 Å². The van der Waals surface area contributed by atoms with Crippen LogP contribution in [0, 0.1) is 0 Å². The van der Waals surface area contributed by atoms with Crippen LogP contribution >= 0.6 is 30.9 Å². The predicted octanol–water partition coefficient (Wildman–Crippen LogP) is 1.36. The van der Waals surface area contributed by atoms with Crippen LogP contribution in [0.25, 0.3) is 0 Å². The van der Waals surface area contributed by atoms with Crippen LogP contribution in [-0.4, -0.2) is 52.1 Å². The van der Waals surface area contributed by atoms with Gasteiger partial charge in [-0.25, -0.2) is 9.24 Å². The van der Waals surface area contributed by atoms with Crippen molar-refractivity contribution in [2.24, 2.45) is 0 Å². The van der Waals surface area contributed by atoms with E-state index in [2.05, 4.69) is 4.52 Å². The summed E-state index contributed by atoms with van der Waals surface area (Å²) in [7, 11) is -3.99. The second-order valence-corrected chi connectivity index (χ2v) is 5.36. The van der Waals surface area contributed by atoms with E-state index in [4.69, 9.17) is 28.3 Å². The van der Waals surface area contributed by atoms with Gasteiger partial charge in [0.25, 0.3) is 0 Å². The van der Waals surface area contributed by atoms with Crippen molar-refractivity contribution < 1.29 is 23.9 Å². The fourth-order valence-corrected chi connectivity index (χ4v) is 2.73. The van der Waals surface area contributed by atoms with Gasteiger partial charge in [-0.15, -0.1) is 23.2 Å². The third-order valence-electron chi connectivity index (χ3n) is 1.62. The van der Waals surface area contributed by atoms with Crippen molar-refractivity contribution in [3.63, 3.8) is 0 Å². The van der Waals surface area contributed by atoms with E-state index in [1.807, 2.05) is 0 Å². The van der Waals surface area contributed by atoms with E-state index in [1.54, 1.807) is 0 Å². The first-order valence-corrected chi connectivity index (χ1v) is 7.10. The van der Waals surface area contributed by atoms with E-state index >= 15 is 0 Å². The Morgan fingerprint density at radius 1 is 1.31 bits per heavy atom. The summed E-state index contributed by atoms with van der Waals surface area (Å²) in [5.41, 5.74) is 0. The first-order chi connectivity index (χ1) is 7.44. The fourth-order valence-electron chi connectivity index (χ4n) is 0.893. The number of rotatable bonds is 9. The first kappa shape index (κ1) is 16.2. The summed E-state index contributed by atoms with van der Waals surface area (Å²) < 4.78 is 17.4. The Kier molecular flexibility index (Phi) is 8.36. The molecule has 6 nitrogen and oxygen atoms in total. The molecule has 0 aromatic heterocycles. The molecule has 16 heavy (non-hydrogen) atoms. The lowest BCUT2D eigenvalue weighted by Gasteiger charge is -2.24. The highest BCUT2D eigenvalue weighted by atomic mass is 35.5. The van der Waals surface area contributed by atoms with Crippen LogP contribution in [0.2, 0.25) is 0 Å². The molecule has 0 aromatic rings. The lowest BCUT2D eigenvalue weighted by Crippen LogP contribution is -2.26. The van der Waals surface area contributed by atoms with Gasteiger partial charge in [-0.3, -0.25) is 9.32 Å². The molecule has 0 heterocycles. The normalized spacial score (nSPS) is 15.0. The van der Waals surface area contributed by atoms with Crippen LogP contribution in [0.1, 0.15) is 6.42 Å². The van der Waals surface area contributed by atoms with E-state index < -0.39 is 13.7 Å². The number of hydrogen-bond acceptors (Lipinski definition) is 3. The molecule has 0 rings (SSSR count). The average Bonchev–Trinajstić information content (AvgIpc) is 2.16. The van der Waals surface area contributed by atoms with Crippen LogP contribution in [0.3, 0.4) is 0 Å². The highest BCUT2D eigenvalue weighted by Gasteiger charge is 2.28. The molecule has 9 heteroatoms. The molecule has 0 aliphatic heterocycles. The summed E-state index contributed by atoms with van der Waals surface area (Å²) in [4.78, 5) is 19.7. The number of halogens is 2. The van der Waals surface area contributed by atoms with Gasteiger partial charge in [0, 0.05) is 24.8 Å². The molecule has 0 aromatic carbocycles. The minimum atomic E-state index is -3.99. The van der Waals surface area contributed by atoms with E-state index in [0.29, 0.717) is 0 Å². The molecule has 96 valence electrons. The summed E-state index contributed by atoms with van der Waals surface area (Å²) in [6.45, 7) is -0.0333. The number of alkyl halides is 2. The van der Waals surface area contributed by atoms with Crippen LogP contribution in [0.4, 0.5) is 0 Å². The molecule has 0 saturated heterocycles. The monoisotopic (exact) mass is 293 g/mol. The number of carboxylic acid groups (broad SMARTS) is 1. The van der Waals surface area contributed by atoms with Gasteiger partial charge in [0.15, 0.2) is 0 Å². The summed E-state index contributed by atoms with van der Waals surface area (Å²) in [5.74, 6) is -0.783. The molecule has 2 N–H and O–H groups in total. The Balaban J connectivity index is 4.23. The Bertz CT molecular complexity index is 259. The third kappa shape index (κ3) is 6.68. The summed E-state index contributed by atoms with van der Waals surface area (Å²) >= 11 is 10.9. The van der Waals surface area contributed by atoms with E-state index in [9.17, 15) is 14.3 Å². The van der Waals surface area contributed by atoms with Gasteiger partial charge >= 0.3 is 13.7 Å². The summed E-state index contributed by atoms with van der Waals surface area (Å²) in [6.07, 6.45) is -0.333. The molecule has 0 aliphatic carbocycles. The van der Waals surface area contributed by atoms with Gasteiger partial charge < -0.3 is 10.00 Å². The molecular weight excluding hydrogens is 280 g/mol. The third-order valence-corrected chi connectivity index (χ3v) is 3.59. The van der Waals surface area contributed by atoms with E-state index in [1.165, 1.54) is 0 Å². The highest BCUT2D eigenvalue weighted by Crippen LogP contribution is 2.46. The molecular formula is C7H14Cl2NO5P. The van der Waals surface area contributed by atoms with Gasteiger partial charge in [-0.1, -0.05) is 0 Å². The molecule has 0 fully saturated rings. The second kappa shape index (κ2) is 8.28. The van der Waals surface area contributed by atoms with Crippen molar-refractivity contribution in [2.75, 3.05) is 31.5 Å². The van der Waals surface area contributed by atoms with Crippen molar-refractivity contribution in [1.29, 1.82) is 0 Å². The molecule has 0 radical (unpaired) electrons. The minimum Gasteiger partial charge on any atom is -0.481 e. The number of nitrogens with zero attached hydrogens (tertiary/aromatic N) is 1. The lowest BCUT2D eigenvalue weighted by atomic mass is 10.5. The zero-order chi connectivity index (χ0) is 12.6. The molecule has 0 aliphatic rings. The lowest BCUT2D eigenvalue weighted by molar-refractivity contribution is -0.137. The molecule has 0 bridgehead atoms. The number of hydrogen-bond donors (Lipinski definition) is 2. The Hall–Kier alpha value is 0.160. The zero-order valence-corrected chi connectivity index (χ0v) is 10.9. The molecule has 1 atom stereocenters. The van der Waals surface area contributed by atoms with Gasteiger partial charge in [-0.2, -0.15) is 0 Å². The van der Waals surface area contributed by atoms with Gasteiger partial charge in [0.1, 0.15) is 0 Å². The number of carboxylic acids is 1. The maximum atomic E-state index is 11.6. The quantitative estimate of drug-likeness (QED) is 0.493. The Morgan fingerprint density at radius 3 is 2.19 bits per heavy atom. The van der Waals surface area contributed by atoms with Crippen molar-refractivity contribution in [2.45, 2.75) is 6.42 Å². The zero-order valence-electron chi connectivity index (χ0n) is 8.51. The maximum absolute atomic E-state index is 11.6. The van der Waals surface area contributed by atoms with Gasteiger partial charge in [0.2, 0.25) is 0 Å². The maximum Gasteiger partial charge on any atom is 0.405 e.